The molecule has 0 aliphatic carbocycles. The highest BCUT2D eigenvalue weighted by Crippen LogP contribution is 2.35. The number of benzene rings is 2. The van der Waals surface area contributed by atoms with Crippen LogP contribution in [0.15, 0.2) is 60.7 Å². The van der Waals surface area contributed by atoms with E-state index in [0.29, 0.717) is 23.4 Å². The van der Waals surface area contributed by atoms with E-state index in [1.54, 1.807) is 11.3 Å². The second-order valence-corrected chi connectivity index (χ2v) is 7.41. The van der Waals surface area contributed by atoms with Crippen LogP contribution in [0.3, 0.4) is 0 Å². The third-order valence-electron chi connectivity index (χ3n) is 4.22. The summed E-state index contributed by atoms with van der Waals surface area (Å²) in [6, 6.07) is 17.6. The van der Waals surface area contributed by atoms with Gasteiger partial charge in [-0.05, 0) is 42.8 Å². The molecule has 0 bridgehead atoms. The van der Waals surface area contributed by atoms with Crippen LogP contribution in [0, 0.1) is 6.92 Å². The normalized spacial score (nSPS) is 12.0. The van der Waals surface area contributed by atoms with Crippen LogP contribution in [0.1, 0.15) is 16.0 Å². The van der Waals surface area contributed by atoms with E-state index in [-0.39, 0.29) is 0 Å². The number of halogens is 3. The lowest BCUT2D eigenvalue weighted by Crippen LogP contribution is -2.05. The van der Waals surface area contributed by atoms with Gasteiger partial charge in [0, 0.05) is 11.4 Å². The largest absolute Gasteiger partial charge is 0.416 e. The quantitative estimate of drug-likeness (QED) is 0.422. The maximum Gasteiger partial charge on any atom is 0.416 e. The van der Waals surface area contributed by atoms with Crippen LogP contribution < -0.4 is 0 Å². The summed E-state index contributed by atoms with van der Waals surface area (Å²) < 4.78 is 41.2. The summed E-state index contributed by atoms with van der Waals surface area (Å²) in [6.45, 7) is 2.55. The van der Waals surface area contributed by atoms with Crippen LogP contribution in [0.25, 0.3) is 21.7 Å². The minimum atomic E-state index is -4.38. The molecule has 0 aliphatic rings. The summed E-state index contributed by atoms with van der Waals surface area (Å²) in [7, 11) is 0. The van der Waals surface area contributed by atoms with Gasteiger partial charge in [-0.3, -0.25) is 0 Å². The lowest BCUT2D eigenvalue weighted by atomic mass is 10.2. The first-order valence-electron chi connectivity index (χ1n) is 8.10. The fraction of sp³-hybridized carbons (Fsp3) is 0.150. The van der Waals surface area contributed by atoms with Crippen LogP contribution >= 0.6 is 11.3 Å². The van der Waals surface area contributed by atoms with Gasteiger partial charge < -0.3 is 4.57 Å². The van der Waals surface area contributed by atoms with Crippen molar-refractivity contribution in [2.45, 2.75) is 19.6 Å². The number of nitrogens with zero attached hydrogens (tertiary/aromatic N) is 2. The summed E-state index contributed by atoms with van der Waals surface area (Å²) in [5.41, 5.74) is 1.45. The summed E-state index contributed by atoms with van der Waals surface area (Å²) >= 11 is 1.58. The van der Waals surface area contributed by atoms with Crippen LogP contribution in [0.4, 0.5) is 13.2 Å². The number of fused-ring (bicyclic) bond motifs is 1. The Morgan fingerprint density at radius 1 is 1.00 bits per heavy atom. The van der Waals surface area contributed by atoms with Crippen LogP contribution in [0.2, 0.25) is 0 Å². The Kier molecular flexibility index (Phi) is 4.07. The number of alkyl halides is 3. The van der Waals surface area contributed by atoms with E-state index in [4.69, 9.17) is 0 Å². The first-order valence-corrected chi connectivity index (χ1v) is 8.92. The minimum absolute atomic E-state index is 0.358. The monoisotopic (exact) mass is 372 g/mol. The molecule has 0 radical (unpaired) electrons. The van der Waals surface area contributed by atoms with Crippen LogP contribution in [0.5, 0.6) is 0 Å². The standard InChI is InChI=1S/C20H15F3N2S/c1-13-7-10-18(26-13)19-24-16-11-15(20(21,22)23)8-9-17(16)25(19)12-14-5-3-2-4-6-14/h2-11H,12H2,1H3. The highest BCUT2D eigenvalue weighted by atomic mass is 32.1. The second-order valence-electron chi connectivity index (χ2n) is 6.12. The average Bonchev–Trinajstić information content (AvgIpc) is 3.18. The Morgan fingerprint density at radius 2 is 1.77 bits per heavy atom. The van der Waals surface area contributed by atoms with Gasteiger partial charge in [-0.1, -0.05) is 30.3 Å². The lowest BCUT2D eigenvalue weighted by Gasteiger charge is -2.09. The average molecular weight is 372 g/mol. The Labute approximate surface area is 152 Å². The molecule has 6 heteroatoms. The first-order chi connectivity index (χ1) is 12.4. The SMILES string of the molecule is Cc1ccc(-c2nc3cc(C(F)(F)F)ccc3n2Cc2ccccc2)s1. The van der Waals surface area contributed by atoms with Crippen molar-refractivity contribution >= 4 is 22.4 Å². The van der Waals surface area contributed by atoms with Gasteiger partial charge in [0.05, 0.1) is 21.5 Å². The van der Waals surface area contributed by atoms with Crippen molar-refractivity contribution < 1.29 is 13.2 Å². The van der Waals surface area contributed by atoms with Crippen molar-refractivity contribution in [1.29, 1.82) is 0 Å². The molecule has 26 heavy (non-hydrogen) atoms. The summed E-state index contributed by atoms with van der Waals surface area (Å²) in [6.07, 6.45) is -4.38. The zero-order valence-electron chi connectivity index (χ0n) is 13.9. The van der Waals surface area contributed by atoms with E-state index in [2.05, 4.69) is 4.98 Å². The van der Waals surface area contributed by atoms with Gasteiger partial charge in [0.1, 0.15) is 0 Å². The van der Waals surface area contributed by atoms with Gasteiger partial charge in [-0.25, -0.2) is 4.98 Å². The molecule has 2 nitrogen and oxygen atoms in total. The summed E-state index contributed by atoms with van der Waals surface area (Å²) in [4.78, 5) is 6.62. The summed E-state index contributed by atoms with van der Waals surface area (Å²) in [5.74, 6) is 0.696. The highest BCUT2D eigenvalue weighted by Gasteiger charge is 2.31. The lowest BCUT2D eigenvalue weighted by molar-refractivity contribution is -0.137. The molecule has 0 amide bonds. The fourth-order valence-electron chi connectivity index (χ4n) is 2.97. The molecule has 132 valence electrons. The molecule has 0 saturated carbocycles. The molecule has 0 aliphatic heterocycles. The number of aryl methyl sites for hydroxylation is 1. The molecule has 0 atom stereocenters. The molecule has 4 aromatic rings. The van der Waals surface area contributed by atoms with Crippen molar-refractivity contribution in [2.75, 3.05) is 0 Å². The van der Waals surface area contributed by atoms with E-state index in [1.165, 1.54) is 6.07 Å². The van der Waals surface area contributed by atoms with Gasteiger partial charge in [-0.15, -0.1) is 11.3 Å². The van der Waals surface area contributed by atoms with Gasteiger partial charge in [0.2, 0.25) is 0 Å². The number of thiophene rings is 1. The highest BCUT2D eigenvalue weighted by molar-refractivity contribution is 7.15. The predicted octanol–water partition coefficient (Wildman–Crippen LogP) is 6.14. The van der Waals surface area contributed by atoms with Crippen molar-refractivity contribution in [2.24, 2.45) is 0 Å². The van der Waals surface area contributed by atoms with E-state index in [1.807, 2.05) is 54.0 Å². The topological polar surface area (TPSA) is 17.8 Å². The van der Waals surface area contributed by atoms with Gasteiger partial charge >= 0.3 is 6.18 Å². The molecule has 0 saturated heterocycles. The number of hydrogen-bond acceptors (Lipinski definition) is 2. The Hall–Kier alpha value is -2.60. The zero-order valence-corrected chi connectivity index (χ0v) is 14.7. The molecular weight excluding hydrogens is 357 g/mol. The Morgan fingerprint density at radius 3 is 2.42 bits per heavy atom. The predicted molar refractivity (Wildman–Crippen MR) is 98.3 cm³/mol. The number of aromatic nitrogens is 2. The molecule has 0 fully saturated rings. The zero-order chi connectivity index (χ0) is 18.3. The molecule has 0 unspecified atom stereocenters. The first kappa shape index (κ1) is 16.8. The number of rotatable bonds is 3. The van der Waals surface area contributed by atoms with E-state index >= 15 is 0 Å². The molecule has 0 N–H and O–H groups in total. The van der Waals surface area contributed by atoms with Gasteiger partial charge in [0.25, 0.3) is 0 Å². The van der Waals surface area contributed by atoms with Gasteiger partial charge in [0.15, 0.2) is 5.82 Å². The maximum atomic E-state index is 13.1. The van der Waals surface area contributed by atoms with Crippen molar-refractivity contribution in [3.05, 3.63) is 76.7 Å². The fourth-order valence-corrected chi connectivity index (χ4v) is 3.84. The van der Waals surface area contributed by atoms with Crippen LogP contribution in [-0.2, 0) is 12.7 Å². The molecule has 2 aromatic heterocycles. The van der Waals surface area contributed by atoms with E-state index in [9.17, 15) is 13.2 Å². The minimum Gasteiger partial charge on any atom is -0.319 e. The number of hydrogen-bond donors (Lipinski definition) is 0. The third-order valence-corrected chi connectivity index (χ3v) is 5.22. The molecule has 2 heterocycles. The molecule has 2 aromatic carbocycles. The summed E-state index contributed by atoms with van der Waals surface area (Å²) in [5, 5.41) is 0. The molecule has 4 rings (SSSR count). The van der Waals surface area contributed by atoms with E-state index in [0.717, 1.165) is 27.5 Å². The second kappa shape index (κ2) is 6.29. The number of imidazole rings is 1. The smallest absolute Gasteiger partial charge is 0.319 e. The molecular formula is C20H15F3N2S. The van der Waals surface area contributed by atoms with Crippen molar-refractivity contribution in [3.63, 3.8) is 0 Å². The Balaban J connectivity index is 1.90. The van der Waals surface area contributed by atoms with Crippen LogP contribution in [-0.4, -0.2) is 9.55 Å². The Bertz CT molecular complexity index is 1060. The maximum absolute atomic E-state index is 13.1. The third kappa shape index (κ3) is 3.12. The van der Waals surface area contributed by atoms with E-state index < -0.39 is 11.7 Å². The van der Waals surface area contributed by atoms with Gasteiger partial charge in [-0.2, -0.15) is 13.2 Å². The molecule has 0 spiro atoms. The van der Waals surface area contributed by atoms with Crippen molar-refractivity contribution in [1.82, 2.24) is 9.55 Å². The van der Waals surface area contributed by atoms with Crippen molar-refractivity contribution in [3.8, 4) is 10.7 Å².